The summed E-state index contributed by atoms with van der Waals surface area (Å²) in [7, 11) is 0. The van der Waals surface area contributed by atoms with Gasteiger partial charge in [-0.15, -0.1) is 0 Å². The van der Waals surface area contributed by atoms with Crippen LogP contribution in [0.3, 0.4) is 0 Å². The summed E-state index contributed by atoms with van der Waals surface area (Å²) in [6.07, 6.45) is 0. The van der Waals surface area contributed by atoms with Crippen molar-refractivity contribution in [1.82, 2.24) is 5.32 Å². The van der Waals surface area contributed by atoms with Gasteiger partial charge < -0.3 is 21.5 Å². The van der Waals surface area contributed by atoms with Crippen LogP contribution >= 0.6 is 0 Å². The van der Waals surface area contributed by atoms with Gasteiger partial charge in [0, 0.05) is 23.9 Å². The molecule has 5 N–H and O–H groups in total. The predicted octanol–water partition coefficient (Wildman–Crippen LogP) is 0.909. The Morgan fingerprint density at radius 1 is 1.30 bits per heavy atom. The van der Waals surface area contributed by atoms with Crippen molar-refractivity contribution in [2.75, 3.05) is 18.9 Å². The minimum atomic E-state index is -0.807. The van der Waals surface area contributed by atoms with Gasteiger partial charge in [-0.05, 0) is 32.9 Å². The van der Waals surface area contributed by atoms with E-state index in [9.17, 15) is 9.59 Å². The van der Waals surface area contributed by atoms with Crippen molar-refractivity contribution in [3.8, 4) is 5.75 Å². The minimum Gasteiger partial charge on any atom is -0.494 e. The lowest BCUT2D eigenvalue weighted by atomic mass is 9.92. The molecule has 0 aliphatic heterocycles. The molecule has 0 spiro atoms. The van der Waals surface area contributed by atoms with E-state index >= 15 is 0 Å². The number of carbonyl (C=O) groups excluding carboxylic acids is 2. The third-order valence-electron chi connectivity index (χ3n) is 2.86. The maximum Gasteiger partial charge on any atom is 0.251 e. The average Bonchev–Trinajstić information content (AvgIpc) is 2.35. The Hall–Kier alpha value is -2.24. The van der Waals surface area contributed by atoms with Gasteiger partial charge in [-0.1, -0.05) is 0 Å². The maximum atomic E-state index is 12.0. The molecule has 1 aromatic rings. The summed E-state index contributed by atoms with van der Waals surface area (Å²) in [6, 6.07) is 4.80. The molecule has 0 bridgehead atoms. The quantitative estimate of drug-likeness (QED) is 0.672. The number of carbonyl (C=O) groups is 2. The summed E-state index contributed by atoms with van der Waals surface area (Å²) < 4.78 is 5.33. The molecule has 0 aliphatic rings. The zero-order valence-corrected chi connectivity index (χ0v) is 12.0. The molecular weight excluding hydrogens is 258 g/mol. The van der Waals surface area contributed by atoms with Crippen LogP contribution < -0.4 is 21.5 Å². The molecule has 0 unspecified atom stereocenters. The van der Waals surface area contributed by atoms with E-state index in [-0.39, 0.29) is 12.5 Å². The third kappa shape index (κ3) is 4.15. The first-order valence-corrected chi connectivity index (χ1v) is 6.37. The van der Waals surface area contributed by atoms with Gasteiger partial charge in [-0.3, -0.25) is 9.59 Å². The van der Waals surface area contributed by atoms with Crippen LogP contribution in [0.2, 0.25) is 0 Å². The van der Waals surface area contributed by atoms with E-state index < -0.39 is 11.3 Å². The fourth-order valence-electron chi connectivity index (χ4n) is 1.49. The number of nitrogens with one attached hydrogen (secondary N) is 1. The smallest absolute Gasteiger partial charge is 0.251 e. The normalized spacial score (nSPS) is 10.9. The van der Waals surface area contributed by atoms with E-state index in [0.717, 1.165) is 0 Å². The van der Waals surface area contributed by atoms with Gasteiger partial charge in [0.1, 0.15) is 5.75 Å². The number of amides is 2. The molecule has 0 saturated carbocycles. The zero-order chi connectivity index (χ0) is 15.3. The number of benzene rings is 1. The number of ether oxygens (including phenoxy) is 1. The minimum absolute atomic E-state index is 0.153. The molecule has 6 nitrogen and oxygen atoms in total. The predicted molar refractivity (Wildman–Crippen MR) is 77.3 cm³/mol. The van der Waals surface area contributed by atoms with Crippen LogP contribution in [0.1, 0.15) is 31.1 Å². The van der Waals surface area contributed by atoms with Gasteiger partial charge in [0.15, 0.2) is 0 Å². The monoisotopic (exact) mass is 279 g/mol. The lowest BCUT2D eigenvalue weighted by molar-refractivity contribution is -0.125. The molecule has 2 amide bonds. The van der Waals surface area contributed by atoms with Crippen molar-refractivity contribution < 1.29 is 14.3 Å². The third-order valence-corrected chi connectivity index (χ3v) is 2.86. The Kier molecular flexibility index (Phi) is 4.96. The highest BCUT2D eigenvalue weighted by molar-refractivity contribution is 5.96. The van der Waals surface area contributed by atoms with Crippen LogP contribution in [0.4, 0.5) is 5.69 Å². The Morgan fingerprint density at radius 2 is 1.95 bits per heavy atom. The molecule has 0 atom stereocenters. The van der Waals surface area contributed by atoms with Crippen molar-refractivity contribution in [1.29, 1.82) is 0 Å². The Labute approximate surface area is 118 Å². The summed E-state index contributed by atoms with van der Waals surface area (Å²) in [5, 5.41) is 2.67. The molecule has 1 aromatic carbocycles. The molecule has 20 heavy (non-hydrogen) atoms. The van der Waals surface area contributed by atoms with Crippen LogP contribution in [-0.2, 0) is 4.79 Å². The Morgan fingerprint density at radius 3 is 2.50 bits per heavy atom. The first kappa shape index (κ1) is 15.8. The molecule has 0 saturated heterocycles. The summed E-state index contributed by atoms with van der Waals surface area (Å²) in [4.78, 5) is 23.2. The van der Waals surface area contributed by atoms with E-state index in [2.05, 4.69) is 5.32 Å². The number of rotatable bonds is 6. The molecule has 1 rings (SSSR count). The molecule has 6 heteroatoms. The van der Waals surface area contributed by atoms with E-state index in [4.69, 9.17) is 16.2 Å². The topological polar surface area (TPSA) is 107 Å². The van der Waals surface area contributed by atoms with Crippen LogP contribution in [0.15, 0.2) is 18.2 Å². The van der Waals surface area contributed by atoms with Crippen molar-refractivity contribution >= 4 is 17.5 Å². The molecule has 0 radical (unpaired) electrons. The summed E-state index contributed by atoms with van der Waals surface area (Å²) in [5.74, 6) is -0.264. The highest BCUT2D eigenvalue weighted by Gasteiger charge is 2.25. The van der Waals surface area contributed by atoms with Crippen molar-refractivity contribution in [3.63, 3.8) is 0 Å². The van der Waals surface area contributed by atoms with E-state index in [1.807, 2.05) is 6.92 Å². The van der Waals surface area contributed by atoms with Gasteiger partial charge in [0.05, 0.1) is 12.0 Å². The highest BCUT2D eigenvalue weighted by atomic mass is 16.5. The molecule has 0 aromatic heterocycles. The first-order valence-electron chi connectivity index (χ1n) is 6.37. The number of hydrogen-bond acceptors (Lipinski definition) is 4. The lowest BCUT2D eigenvalue weighted by Gasteiger charge is -2.20. The number of nitrogen functional groups attached to an aromatic ring is 1. The second kappa shape index (κ2) is 6.27. The van der Waals surface area contributed by atoms with Gasteiger partial charge in [0.2, 0.25) is 5.91 Å². The van der Waals surface area contributed by atoms with Crippen LogP contribution in [0.25, 0.3) is 0 Å². The molecule has 0 heterocycles. The second-order valence-electron chi connectivity index (χ2n) is 5.15. The molecule has 110 valence electrons. The number of nitrogens with two attached hydrogens (primary N) is 2. The van der Waals surface area contributed by atoms with Gasteiger partial charge in [-0.2, -0.15) is 0 Å². The molecule has 0 fully saturated rings. The second-order valence-corrected chi connectivity index (χ2v) is 5.15. The van der Waals surface area contributed by atoms with Crippen molar-refractivity contribution in [2.24, 2.45) is 11.1 Å². The standard InChI is InChI=1S/C14H21N3O3/c1-4-20-11-6-9(5-10(15)7-11)12(18)17-8-14(2,3)13(16)19/h5-7H,4,8,15H2,1-3H3,(H2,16,19)(H,17,18). The Bertz CT molecular complexity index is 512. The van der Waals surface area contributed by atoms with Crippen molar-refractivity contribution in [3.05, 3.63) is 23.8 Å². The summed E-state index contributed by atoms with van der Waals surface area (Å²) in [6.45, 7) is 5.82. The number of hydrogen-bond donors (Lipinski definition) is 3. The summed E-state index contributed by atoms with van der Waals surface area (Å²) >= 11 is 0. The maximum absolute atomic E-state index is 12.0. The fourth-order valence-corrected chi connectivity index (χ4v) is 1.49. The van der Waals surface area contributed by atoms with Gasteiger partial charge >= 0.3 is 0 Å². The summed E-state index contributed by atoms with van der Waals surface area (Å²) in [5.41, 5.74) is 11.0. The lowest BCUT2D eigenvalue weighted by Crippen LogP contribution is -2.42. The number of primary amides is 1. The van der Waals surface area contributed by atoms with Gasteiger partial charge in [0.25, 0.3) is 5.91 Å². The molecular formula is C14H21N3O3. The first-order chi connectivity index (χ1) is 9.26. The van der Waals surface area contributed by atoms with E-state index in [1.54, 1.807) is 32.0 Å². The van der Waals surface area contributed by atoms with E-state index in [0.29, 0.717) is 23.6 Å². The molecule has 0 aliphatic carbocycles. The van der Waals surface area contributed by atoms with Crippen molar-refractivity contribution in [2.45, 2.75) is 20.8 Å². The average molecular weight is 279 g/mol. The highest BCUT2D eigenvalue weighted by Crippen LogP contribution is 2.19. The van der Waals surface area contributed by atoms with Crippen LogP contribution in [-0.4, -0.2) is 25.0 Å². The zero-order valence-electron chi connectivity index (χ0n) is 12.0. The largest absolute Gasteiger partial charge is 0.494 e. The number of anilines is 1. The van der Waals surface area contributed by atoms with Crippen LogP contribution in [0, 0.1) is 5.41 Å². The van der Waals surface area contributed by atoms with Crippen LogP contribution in [0.5, 0.6) is 5.75 Å². The SMILES string of the molecule is CCOc1cc(N)cc(C(=O)NCC(C)(C)C(N)=O)c1. The fraction of sp³-hybridized carbons (Fsp3) is 0.429. The van der Waals surface area contributed by atoms with Gasteiger partial charge in [-0.25, -0.2) is 0 Å². The van der Waals surface area contributed by atoms with E-state index in [1.165, 1.54) is 0 Å². The Balaban J connectivity index is 2.80.